The predicted molar refractivity (Wildman–Crippen MR) is 75.3 cm³/mol. The van der Waals surface area contributed by atoms with Gasteiger partial charge in [0.25, 0.3) is 0 Å². The van der Waals surface area contributed by atoms with E-state index < -0.39 is 0 Å². The summed E-state index contributed by atoms with van der Waals surface area (Å²) in [4.78, 5) is 19.5. The third kappa shape index (κ3) is 4.30. The zero-order valence-corrected chi connectivity index (χ0v) is 12.0. The maximum absolute atomic E-state index is 11.8. The van der Waals surface area contributed by atoms with E-state index in [0.29, 0.717) is 18.2 Å². The van der Waals surface area contributed by atoms with Crippen LogP contribution < -0.4 is 5.32 Å². The van der Waals surface area contributed by atoms with Gasteiger partial charge in [-0.15, -0.1) is 0 Å². The number of carbonyl (C=O) groups is 1. The fraction of sp³-hybridized carbons (Fsp3) is 0.545. The number of amides is 1. The zero-order valence-electron chi connectivity index (χ0n) is 9.66. The van der Waals surface area contributed by atoms with E-state index in [1.807, 2.05) is 11.8 Å². The molecule has 18 heavy (non-hydrogen) atoms. The molecule has 1 aliphatic heterocycles. The first kappa shape index (κ1) is 13.9. The third-order valence-corrected chi connectivity index (χ3v) is 4.16. The summed E-state index contributed by atoms with van der Waals surface area (Å²) in [6.07, 6.45) is 2.73. The topological polar surface area (TPSA) is 54.9 Å². The largest absolute Gasteiger partial charge is 0.311 e. The van der Waals surface area contributed by atoms with Gasteiger partial charge in [-0.05, 0) is 41.9 Å². The molecule has 1 saturated heterocycles. The number of thioether (sulfide) groups is 1. The highest BCUT2D eigenvalue weighted by Crippen LogP contribution is 2.25. The Morgan fingerprint density at radius 2 is 2.11 bits per heavy atom. The van der Waals surface area contributed by atoms with Crippen LogP contribution in [0.25, 0.3) is 0 Å². The SMILES string of the molecule is O=C(CC1CCSCC1)Nc1cc(Cl)nc(Cl)n1. The number of anilines is 1. The molecule has 0 aliphatic carbocycles. The van der Waals surface area contributed by atoms with Crippen molar-refractivity contribution < 1.29 is 4.79 Å². The van der Waals surface area contributed by atoms with Gasteiger partial charge in [0.05, 0.1) is 0 Å². The average molecular weight is 306 g/mol. The van der Waals surface area contributed by atoms with Crippen molar-refractivity contribution in [3.05, 3.63) is 16.5 Å². The molecule has 7 heteroatoms. The highest BCUT2D eigenvalue weighted by atomic mass is 35.5. The number of hydrogen-bond donors (Lipinski definition) is 1. The second kappa shape index (κ2) is 6.59. The lowest BCUT2D eigenvalue weighted by Crippen LogP contribution is -2.20. The fourth-order valence-corrected chi connectivity index (χ4v) is 3.47. The molecule has 0 bridgehead atoms. The molecule has 0 aromatic carbocycles. The summed E-state index contributed by atoms with van der Waals surface area (Å²) < 4.78 is 0. The molecule has 0 atom stereocenters. The van der Waals surface area contributed by atoms with Crippen molar-refractivity contribution in [2.24, 2.45) is 5.92 Å². The van der Waals surface area contributed by atoms with E-state index in [1.165, 1.54) is 6.07 Å². The van der Waals surface area contributed by atoms with Crippen LogP contribution in [0.3, 0.4) is 0 Å². The van der Waals surface area contributed by atoms with Crippen molar-refractivity contribution in [3.8, 4) is 0 Å². The number of nitrogens with one attached hydrogen (secondary N) is 1. The lowest BCUT2D eigenvalue weighted by Gasteiger charge is -2.20. The minimum atomic E-state index is -0.0438. The Kier molecular flexibility index (Phi) is 5.09. The van der Waals surface area contributed by atoms with Crippen LogP contribution >= 0.6 is 35.0 Å². The van der Waals surface area contributed by atoms with E-state index in [2.05, 4.69) is 15.3 Å². The minimum absolute atomic E-state index is 0.0341. The molecule has 2 heterocycles. The van der Waals surface area contributed by atoms with Crippen molar-refractivity contribution >= 4 is 46.7 Å². The van der Waals surface area contributed by atoms with Crippen molar-refractivity contribution in [1.82, 2.24) is 9.97 Å². The maximum Gasteiger partial charge on any atom is 0.225 e. The number of rotatable bonds is 3. The van der Waals surface area contributed by atoms with Gasteiger partial charge in [-0.25, -0.2) is 9.97 Å². The molecule has 1 fully saturated rings. The summed E-state index contributed by atoms with van der Waals surface area (Å²) in [5.74, 6) is 3.07. The van der Waals surface area contributed by atoms with E-state index >= 15 is 0 Å². The molecular weight excluding hydrogens is 293 g/mol. The van der Waals surface area contributed by atoms with E-state index in [4.69, 9.17) is 23.2 Å². The molecule has 0 spiro atoms. The van der Waals surface area contributed by atoms with Crippen molar-refractivity contribution in [3.63, 3.8) is 0 Å². The van der Waals surface area contributed by atoms with Crippen LogP contribution in [0.4, 0.5) is 5.82 Å². The van der Waals surface area contributed by atoms with Crippen molar-refractivity contribution in [2.45, 2.75) is 19.3 Å². The van der Waals surface area contributed by atoms with E-state index in [0.717, 1.165) is 24.3 Å². The van der Waals surface area contributed by atoms with Gasteiger partial charge < -0.3 is 5.32 Å². The minimum Gasteiger partial charge on any atom is -0.311 e. The lowest BCUT2D eigenvalue weighted by molar-refractivity contribution is -0.117. The van der Waals surface area contributed by atoms with Crippen LogP contribution in [-0.4, -0.2) is 27.4 Å². The zero-order chi connectivity index (χ0) is 13.0. The van der Waals surface area contributed by atoms with Gasteiger partial charge in [0.2, 0.25) is 11.2 Å². The van der Waals surface area contributed by atoms with Crippen LogP contribution in [0.5, 0.6) is 0 Å². The summed E-state index contributed by atoms with van der Waals surface area (Å²) in [5.41, 5.74) is 0. The van der Waals surface area contributed by atoms with Gasteiger partial charge in [0.1, 0.15) is 11.0 Å². The van der Waals surface area contributed by atoms with Gasteiger partial charge in [-0.3, -0.25) is 4.79 Å². The first-order chi connectivity index (χ1) is 8.63. The van der Waals surface area contributed by atoms with Crippen LogP contribution in [0.2, 0.25) is 10.4 Å². The Morgan fingerprint density at radius 1 is 1.39 bits per heavy atom. The fourth-order valence-electron chi connectivity index (χ4n) is 1.86. The Balaban J connectivity index is 1.89. The highest BCUT2D eigenvalue weighted by molar-refractivity contribution is 7.99. The molecule has 1 aliphatic rings. The second-order valence-electron chi connectivity index (χ2n) is 4.15. The highest BCUT2D eigenvalue weighted by Gasteiger charge is 2.17. The Morgan fingerprint density at radius 3 is 2.78 bits per heavy atom. The summed E-state index contributed by atoms with van der Waals surface area (Å²) >= 11 is 13.3. The molecule has 1 N–H and O–H groups in total. The first-order valence-corrected chi connectivity index (χ1v) is 7.62. The van der Waals surface area contributed by atoms with Crippen LogP contribution in [-0.2, 0) is 4.79 Å². The van der Waals surface area contributed by atoms with Gasteiger partial charge in [-0.2, -0.15) is 11.8 Å². The smallest absolute Gasteiger partial charge is 0.225 e. The lowest BCUT2D eigenvalue weighted by atomic mass is 9.98. The van der Waals surface area contributed by atoms with Crippen molar-refractivity contribution in [1.29, 1.82) is 0 Å². The molecule has 1 aromatic rings. The standard InChI is InChI=1S/C11H13Cl2N3OS/c12-8-6-9(16-11(13)14-8)15-10(17)5-7-1-3-18-4-2-7/h6-7H,1-5H2,(H,14,15,16,17). The van der Waals surface area contributed by atoms with E-state index in [9.17, 15) is 4.79 Å². The van der Waals surface area contributed by atoms with Gasteiger partial charge in [-0.1, -0.05) is 11.6 Å². The summed E-state index contributed by atoms with van der Waals surface area (Å²) in [7, 11) is 0. The van der Waals surface area contributed by atoms with Gasteiger partial charge in [0, 0.05) is 12.5 Å². The number of halogens is 2. The summed E-state index contributed by atoms with van der Waals surface area (Å²) in [6.45, 7) is 0. The summed E-state index contributed by atoms with van der Waals surface area (Å²) in [6, 6.07) is 1.49. The van der Waals surface area contributed by atoms with Gasteiger partial charge >= 0.3 is 0 Å². The molecule has 4 nitrogen and oxygen atoms in total. The first-order valence-electron chi connectivity index (χ1n) is 5.71. The van der Waals surface area contributed by atoms with Crippen LogP contribution in [0, 0.1) is 5.92 Å². The molecule has 1 amide bonds. The predicted octanol–water partition coefficient (Wildman–Crippen LogP) is 3.26. The molecule has 2 rings (SSSR count). The Labute approximate surface area is 120 Å². The van der Waals surface area contributed by atoms with Crippen LogP contribution in [0.15, 0.2) is 6.07 Å². The van der Waals surface area contributed by atoms with Crippen molar-refractivity contribution in [2.75, 3.05) is 16.8 Å². The number of carbonyl (C=O) groups excluding carboxylic acids is 1. The average Bonchev–Trinajstić information content (AvgIpc) is 2.28. The molecule has 1 aromatic heterocycles. The Bertz CT molecular complexity index is 418. The second-order valence-corrected chi connectivity index (χ2v) is 6.10. The number of hydrogen-bond acceptors (Lipinski definition) is 4. The number of nitrogens with zero attached hydrogens (tertiary/aromatic N) is 2. The molecule has 0 unspecified atom stereocenters. The molecular formula is C11H13Cl2N3OS. The normalized spacial score (nSPS) is 16.6. The molecule has 0 radical (unpaired) electrons. The summed E-state index contributed by atoms with van der Waals surface area (Å²) in [5, 5.41) is 2.96. The monoisotopic (exact) mass is 305 g/mol. The quantitative estimate of drug-likeness (QED) is 0.688. The maximum atomic E-state index is 11.8. The van der Waals surface area contributed by atoms with Gasteiger partial charge in [0.15, 0.2) is 0 Å². The Hall–Kier alpha value is -0.520. The third-order valence-electron chi connectivity index (χ3n) is 2.75. The van der Waals surface area contributed by atoms with E-state index in [1.54, 1.807) is 0 Å². The molecule has 0 saturated carbocycles. The van der Waals surface area contributed by atoms with E-state index in [-0.39, 0.29) is 16.3 Å². The van der Waals surface area contributed by atoms with Crippen LogP contribution in [0.1, 0.15) is 19.3 Å². The number of aromatic nitrogens is 2. The molecule has 98 valence electrons.